The molecule has 3 amide bonds. The number of carbonyl (C=O) groups excluding carboxylic acids is 3. The number of rotatable bonds is 8. The molecule has 3 N–H and O–H groups in total. The number of carbonyl (C=O) groups is 3. The van der Waals surface area contributed by atoms with Crippen LogP contribution in [0.5, 0.6) is 5.75 Å². The van der Waals surface area contributed by atoms with E-state index in [0.29, 0.717) is 17.0 Å². The maximum Gasteiger partial charge on any atom is 0.329 e. The summed E-state index contributed by atoms with van der Waals surface area (Å²) in [6, 6.07) is 21.5. The predicted octanol–water partition coefficient (Wildman–Crippen LogP) is 3.66. The molecular weight excluding hydrogens is 432 g/mol. The summed E-state index contributed by atoms with van der Waals surface area (Å²) in [5, 5.41) is 9.13. The molecule has 0 saturated carbocycles. The van der Waals surface area contributed by atoms with Crippen molar-refractivity contribution in [2.45, 2.75) is 20.3 Å². The third kappa shape index (κ3) is 7.30. The number of benzene rings is 3. The summed E-state index contributed by atoms with van der Waals surface area (Å²) in [5.74, 6) is -1.53. The summed E-state index contributed by atoms with van der Waals surface area (Å²) in [5.41, 5.74) is 6.15. The minimum atomic E-state index is -0.893. The van der Waals surface area contributed by atoms with Gasteiger partial charge in [-0.2, -0.15) is 5.10 Å². The summed E-state index contributed by atoms with van der Waals surface area (Å²) in [7, 11) is 0. The van der Waals surface area contributed by atoms with Gasteiger partial charge >= 0.3 is 11.8 Å². The van der Waals surface area contributed by atoms with E-state index >= 15 is 0 Å². The average Bonchev–Trinajstić information content (AvgIpc) is 2.85. The van der Waals surface area contributed by atoms with Gasteiger partial charge in [-0.3, -0.25) is 14.4 Å². The first-order chi connectivity index (χ1) is 16.4. The second kappa shape index (κ2) is 12.0. The second-order valence-corrected chi connectivity index (χ2v) is 7.43. The van der Waals surface area contributed by atoms with Gasteiger partial charge in [0.15, 0.2) is 6.61 Å². The Morgan fingerprint density at radius 2 is 1.68 bits per heavy atom. The highest BCUT2D eigenvalue weighted by molar-refractivity contribution is 6.39. The zero-order valence-electron chi connectivity index (χ0n) is 19.0. The van der Waals surface area contributed by atoms with Crippen LogP contribution in [0.3, 0.4) is 0 Å². The van der Waals surface area contributed by atoms with Crippen molar-refractivity contribution >= 4 is 35.3 Å². The number of nitrogens with zero attached hydrogens (tertiary/aromatic N) is 1. The first-order valence-corrected chi connectivity index (χ1v) is 10.8. The average molecular weight is 459 g/mol. The van der Waals surface area contributed by atoms with Crippen LogP contribution in [0.1, 0.15) is 23.6 Å². The van der Waals surface area contributed by atoms with Crippen molar-refractivity contribution in [3.63, 3.8) is 0 Å². The van der Waals surface area contributed by atoms with Crippen LogP contribution in [0.25, 0.3) is 0 Å². The summed E-state index contributed by atoms with van der Waals surface area (Å²) < 4.78 is 5.54. The molecule has 0 aromatic heterocycles. The SMILES string of the molecule is CCc1ccc(NC(=O)C(=O)N/N=C\c2cccc(OCC(=O)Nc3ccccc3C)c2)cc1. The maximum absolute atomic E-state index is 12.1. The van der Waals surface area contributed by atoms with Gasteiger partial charge in [0.2, 0.25) is 0 Å². The first kappa shape index (κ1) is 24.2. The Bertz CT molecular complexity index is 1190. The highest BCUT2D eigenvalue weighted by atomic mass is 16.5. The zero-order chi connectivity index (χ0) is 24.3. The molecule has 0 spiro atoms. The quantitative estimate of drug-likeness (QED) is 0.272. The number of hydrazone groups is 1. The van der Waals surface area contributed by atoms with Gasteiger partial charge in [0.05, 0.1) is 6.21 Å². The summed E-state index contributed by atoms with van der Waals surface area (Å²) >= 11 is 0. The van der Waals surface area contributed by atoms with E-state index in [-0.39, 0.29) is 12.5 Å². The Morgan fingerprint density at radius 3 is 2.41 bits per heavy atom. The van der Waals surface area contributed by atoms with Crippen molar-refractivity contribution in [2.75, 3.05) is 17.2 Å². The minimum absolute atomic E-state index is 0.162. The Labute approximate surface area is 198 Å². The van der Waals surface area contributed by atoms with E-state index in [2.05, 4.69) is 21.2 Å². The summed E-state index contributed by atoms with van der Waals surface area (Å²) in [4.78, 5) is 36.1. The largest absolute Gasteiger partial charge is 0.484 e. The van der Waals surface area contributed by atoms with Crippen molar-refractivity contribution < 1.29 is 19.1 Å². The Hall–Kier alpha value is -4.46. The maximum atomic E-state index is 12.1. The van der Waals surface area contributed by atoms with E-state index in [1.807, 2.05) is 50.2 Å². The minimum Gasteiger partial charge on any atom is -0.484 e. The fourth-order valence-electron chi connectivity index (χ4n) is 2.96. The van der Waals surface area contributed by atoms with Crippen molar-refractivity contribution in [1.29, 1.82) is 0 Å². The van der Waals surface area contributed by atoms with E-state index in [4.69, 9.17) is 4.74 Å². The molecule has 3 aromatic carbocycles. The first-order valence-electron chi connectivity index (χ1n) is 10.8. The molecule has 0 fully saturated rings. The van der Waals surface area contributed by atoms with E-state index in [0.717, 1.165) is 23.2 Å². The van der Waals surface area contributed by atoms with Crippen LogP contribution in [-0.4, -0.2) is 30.5 Å². The molecule has 34 heavy (non-hydrogen) atoms. The van der Waals surface area contributed by atoms with Crippen LogP contribution >= 0.6 is 0 Å². The van der Waals surface area contributed by atoms with Gasteiger partial charge in [-0.05, 0) is 60.4 Å². The monoisotopic (exact) mass is 458 g/mol. The fraction of sp³-hybridized carbons (Fsp3) is 0.154. The topological polar surface area (TPSA) is 109 Å². The van der Waals surface area contributed by atoms with E-state index < -0.39 is 11.8 Å². The van der Waals surface area contributed by atoms with Crippen LogP contribution in [0.4, 0.5) is 11.4 Å². The van der Waals surface area contributed by atoms with Crippen molar-refractivity contribution in [3.05, 3.63) is 89.5 Å². The van der Waals surface area contributed by atoms with Gasteiger partial charge in [0.25, 0.3) is 5.91 Å². The standard InChI is InChI=1S/C26H26N4O4/c1-3-19-11-13-21(14-12-19)28-25(32)26(33)30-27-16-20-8-6-9-22(15-20)34-17-24(31)29-23-10-5-4-7-18(23)2/h4-16H,3,17H2,1-2H3,(H,28,32)(H,29,31)(H,30,33)/b27-16-. The molecule has 0 radical (unpaired) electrons. The molecule has 3 rings (SSSR count). The lowest BCUT2D eigenvalue weighted by molar-refractivity contribution is -0.136. The molecule has 0 aliphatic heterocycles. The number of nitrogens with one attached hydrogen (secondary N) is 3. The lowest BCUT2D eigenvalue weighted by Gasteiger charge is -2.09. The van der Waals surface area contributed by atoms with Crippen molar-refractivity contribution in [3.8, 4) is 5.75 Å². The van der Waals surface area contributed by atoms with E-state index in [1.54, 1.807) is 36.4 Å². The lowest BCUT2D eigenvalue weighted by Crippen LogP contribution is -2.32. The molecule has 8 heteroatoms. The number of hydrogen-bond donors (Lipinski definition) is 3. The van der Waals surface area contributed by atoms with Gasteiger partial charge in [0.1, 0.15) is 5.75 Å². The number of anilines is 2. The molecule has 0 aliphatic carbocycles. The molecule has 8 nitrogen and oxygen atoms in total. The molecule has 0 atom stereocenters. The van der Waals surface area contributed by atoms with Gasteiger partial charge in [0, 0.05) is 11.4 Å². The van der Waals surface area contributed by atoms with Crippen LogP contribution in [0.2, 0.25) is 0 Å². The van der Waals surface area contributed by atoms with Gasteiger partial charge < -0.3 is 15.4 Å². The van der Waals surface area contributed by atoms with Crippen molar-refractivity contribution in [1.82, 2.24) is 5.43 Å². The molecule has 0 saturated heterocycles. The smallest absolute Gasteiger partial charge is 0.329 e. The molecule has 174 valence electrons. The third-order valence-corrected chi connectivity index (χ3v) is 4.85. The van der Waals surface area contributed by atoms with Crippen LogP contribution in [-0.2, 0) is 20.8 Å². The second-order valence-electron chi connectivity index (χ2n) is 7.43. The number of ether oxygens (including phenoxy) is 1. The zero-order valence-corrected chi connectivity index (χ0v) is 19.0. The number of amides is 3. The van der Waals surface area contributed by atoms with Gasteiger partial charge in [-0.1, -0.05) is 49.4 Å². The Morgan fingerprint density at radius 1 is 0.912 bits per heavy atom. The van der Waals surface area contributed by atoms with Gasteiger partial charge in [-0.15, -0.1) is 0 Å². The molecule has 0 bridgehead atoms. The molecule has 0 unspecified atom stereocenters. The van der Waals surface area contributed by atoms with E-state index in [9.17, 15) is 14.4 Å². The normalized spacial score (nSPS) is 10.5. The highest BCUT2D eigenvalue weighted by Crippen LogP contribution is 2.15. The van der Waals surface area contributed by atoms with Crippen LogP contribution in [0, 0.1) is 6.92 Å². The molecular formula is C26H26N4O4. The van der Waals surface area contributed by atoms with E-state index in [1.165, 1.54) is 6.21 Å². The van der Waals surface area contributed by atoms with Crippen LogP contribution in [0.15, 0.2) is 77.9 Å². The molecule has 0 heterocycles. The number of hydrogen-bond acceptors (Lipinski definition) is 5. The highest BCUT2D eigenvalue weighted by Gasteiger charge is 2.12. The number of aryl methyl sites for hydroxylation is 2. The lowest BCUT2D eigenvalue weighted by atomic mass is 10.1. The number of para-hydroxylation sites is 1. The fourth-order valence-corrected chi connectivity index (χ4v) is 2.96. The Kier molecular flexibility index (Phi) is 8.51. The van der Waals surface area contributed by atoms with Crippen molar-refractivity contribution in [2.24, 2.45) is 5.10 Å². The molecule has 0 aliphatic rings. The molecule has 3 aromatic rings. The Balaban J connectivity index is 1.47. The van der Waals surface area contributed by atoms with Gasteiger partial charge in [-0.25, -0.2) is 5.43 Å². The predicted molar refractivity (Wildman–Crippen MR) is 132 cm³/mol. The van der Waals surface area contributed by atoms with Crippen LogP contribution < -0.4 is 20.8 Å². The summed E-state index contributed by atoms with van der Waals surface area (Å²) in [6.07, 6.45) is 2.26. The summed E-state index contributed by atoms with van der Waals surface area (Å²) in [6.45, 7) is 3.78. The third-order valence-electron chi connectivity index (χ3n) is 4.85.